The second-order valence-electron chi connectivity index (χ2n) is 6.99. The molecule has 0 aliphatic carbocycles. The fraction of sp³-hybridized carbons (Fsp3) is 0.400. The van der Waals surface area contributed by atoms with Gasteiger partial charge in [0.05, 0.1) is 17.6 Å². The average Bonchev–Trinajstić information content (AvgIpc) is 2.72. The van der Waals surface area contributed by atoms with Crippen molar-refractivity contribution in [3.8, 4) is 5.75 Å². The number of nitrogens with zero attached hydrogens (tertiary/aromatic N) is 2. The fourth-order valence-corrected chi connectivity index (χ4v) is 4.67. The van der Waals surface area contributed by atoms with E-state index in [-0.39, 0.29) is 10.5 Å². The molecule has 1 N–H and O–H groups in total. The van der Waals surface area contributed by atoms with E-state index in [1.807, 2.05) is 0 Å². The largest absolute Gasteiger partial charge is 0.496 e. The van der Waals surface area contributed by atoms with Crippen LogP contribution in [-0.4, -0.2) is 43.8 Å². The lowest BCUT2D eigenvalue weighted by Gasteiger charge is -2.29. The number of ether oxygens (including phenoxy) is 1. The zero-order valence-electron chi connectivity index (χ0n) is 16.1. The first-order valence-corrected chi connectivity index (χ1v) is 10.7. The van der Waals surface area contributed by atoms with Crippen LogP contribution >= 0.6 is 0 Å². The van der Waals surface area contributed by atoms with E-state index in [0.717, 1.165) is 18.4 Å². The molecule has 1 aromatic carbocycles. The fourth-order valence-electron chi connectivity index (χ4n) is 3.18. The lowest BCUT2D eigenvalue weighted by molar-refractivity contribution is 0.0947. The number of carbonyl (C=O) groups is 1. The Labute approximate surface area is 165 Å². The number of hydrogen-bond donors (Lipinski definition) is 1. The summed E-state index contributed by atoms with van der Waals surface area (Å²) >= 11 is 0. The van der Waals surface area contributed by atoms with E-state index < -0.39 is 15.9 Å². The number of amides is 1. The lowest BCUT2D eigenvalue weighted by Crippen LogP contribution is -2.38. The van der Waals surface area contributed by atoms with Crippen molar-refractivity contribution in [1.82, 2.24) is 14.6 Å². The summed E-state index contributed by atoms with van der Waals surface area (Å²) in [6.45, 7) is 3.44. The van der Waals surface area contributed by atoms with Crippen LogP contribution in [0.5, 0.6) is 5.75 Å². The number of hydrogen-bond acceptors (Lipinski definition) is 5. The maximum absolute atomic E-state index is 13.0. The minimum Gasteiger partial charge on any atom is -0.496 e. The molecule has 3 rings (SSSR count). The van der Waals surface area contributed by atoms with Gasteiger partial charge >= 0.3 is 0 Å². The van der Waals surface area contributed by atoms with Gasteiger partial charge in [0.1, 0.15) is 5.75 Å². The minimum absolute atomic E-state index is 0.108. The number of methoxy groups -OCH3 is 1. The van der Waals surface area contributed by atoms with Gasteiger partial charge in [-0.05, 0) is 54.7 Å². The van der Waals surface area contributed by atoms with Crippen molar-refractivity contribution in [2.75, 3.05) is 20.2 Å². The molecule has 0 bridgehead atoms. The summed E-state index contributed by atoms with van der Waals surface area (Å²) in [7, 11) is -2.19. The first-order valence-electron chi connectivity index (χ1n) is 9.27. The van der Waals surface area contributed by atoms with Crippen LogP contribution in [0.3, 0.4) is 0 Å². The Morgan fingerprint density at radius 1 is 1.21 bits per heavy atom. The van der Waals surface area contributed by atoms with Gasteiger partial charge in [-0.1, -0.05) is 6.92 Å². The highest BCUT2D eigenvalue weighted by molar-refractivity contribution is 7.89. The van der Waals surface area contributed by atoms with Crippen molar-refractivity contribution >= 4 is 15.9 Å². The van der Waals surface area contributed by atoms with Crippen molar-refractivity contribution in [2.45, 2.75) is 31.2 Å². The van der Waals surface area contributed by atoms with Crippen LogP contribution in [0.4, 0.5) is 0 Å². The molecule has 8 heteroatoms. The third-order valence-electron chi connectivity index (χ3n) is 5.00. The maximum atomic E-state index is 13.0. The van der Waals surface area contributed by atoms with Gasteiger partial charge in [0.25, 0.3) is 5.91 Å². The number of pyridine rings is 1. The molecule has 0 atom stereocenters. The molecule has 2 aromatic rings. The monoisotopic (exact) mass is 403 g/mol. The number of aromatic nitrogens is 1. The standard InChI is InChI=1S/C20H25N3O4S/c1-15-7-11-23(12-8-15)28(25,26)17-3-4-19(27-2)18(13-17)20(24)22-14-16-5-9-21-10-6-16/h3-6,9-10,13,15H,7-8,11-12,14H2,1-2H3,(H,22,24). The van der Waals surface area contributed by atoms with Crippen molar-refractivity contribution in [1.29, 1.82) is 0 Å². The van der Waals surface area contributed by atoms with Gasteiger partial charge in [0, 0.05) is 32.0 Å². The Morgan fingerprint density at radius 2 is 1.89 bits per heavy atom. The highest BCUT2D eigenvalue weighted by Gasteiger charge is 2.29. The van der Waals surface area contributed by atoms with E-state index in [1.54, 1.807) is 24.5 Å². The number of benzene rings is 1. The van der Waals surface area contributed by atoms with E-state index in [2.05, 4.69) is 17.2 Å². The molecule has 0 spiro atoms. The molecule has 1 fully saturated rings. The summed E-state index contributed by atoms with van der Waals surface area (Å²) in [5.41, 5.74) is 1.09. The molecule has 2 heterocycles. The molecule has 0 radical (unpaired) electrons. The Morgan fingerprint density at radius 3 is 2.54 bits per heavy atom. The molecule has 0 unspecified atom stereocenters. The van der Waals surface area contributed by atoms with E-state index in [1.165, 1.54) is 29.6 Å². The predicted molar refractivity (Wildman–Crippen MR) is 106 cm³/mol. The van der Waals surface area contributed by atoms with E-state index >= 15 is 0 Å². The van der Waals surface area contributed by atoms with Crippen molar-refractivity contribution in [3.05, 3.63) is 53.9 Å². The summed E-state index contributed by atoms with van der Waals surface area (Å²) in [5.74, 6) is 0.466. The van der Waals surface area contributed by atoms with Gasteiger partial charge in [0.2, 0.25) is 10.0 Å². The molecular formula is C20H25N3O4S. The zero-order chi connectivity index (χ0) is 20.1. The number of sulfonamides is 1. The molecule has 1 aliphatic heterocycles. The third-order valence-corrected chi connectivity index (χ3v) is 6.89. The summed E-state index contributed by atoms with van der Waals surface area (Å²) in [5, 5.41) is 2.80. The number of piperidine rings is 1. The SMILES string of the molecule is COc1ccc(S(=O)(=O)N2CCC(C)CC2)cc1C(=O)NCc1ccncc1. The van der Waals surface area contributed by atoms with E-state index in [9.17, 15) is 13.2 Å². The average molecular weight is 404 g/mol. The van der Waals surface area contributed by atoms with Gasteiger partial charge in [-0.15, -0.1) is 0 Å². The number of rotatable bonds is 6. The first-order chi connectivity index (χ1) is 13.4. The van der Waals surface area contributed by atoms with E-state index in [0.29, 0.717) is 31.3 Å². The van der Waals surface area contributed by atoms with Gasteiger partial charge < -0.3 is 10.1 Å². The molecule has 28 heavy (non-hydrogen) atoms. The quantitative estimate of drug-likeness (QED) is 0.800. The van der Waals surface area contributed by atoms with E-state index in [4.69, 9.17) is 4.74 Å². The minimum atomic E-state index is -3.64. The molecule has 150 valence electrons. The van der Waals surface area contributed by atoms with Crippen LogP contribution in [0.1, 0.15) is 35.7 Å². The van der Waals surface area contributed by atoms with Crippen LogP contribution in [0, 0.1) is 5.92 Å². The Bertz CT molecular complexity index is 924. The van der Waals surface area contributed by atoms with Gasteiger partial charge in [-0.25, -0.2) is 8.42 Å². The molecule has 1 amide bonds. The second-order valence-corrected chi connectivity index (χ2v) is 8.92. The van der Waals surface area contributed by atoms with Crippen LogP contribution in [0.15, 0.2) is 47.6 Å². The van der Waals surface area contributed by atoms with Crippen LogP contribution in [-0.2, 0) is 16.6 Å². The normalized spacial score (nSPS) is 15.9. The Hall–Kier alpha value is -2.45. The third kappa shape index (κ3) is 4.51. The summed E-state index contributed by atoms with van der Waals surface area (Å²) < 4.78 is 32.7. The van der Waals surface area contributed by atoms with Crippen molar-refractivity contribution < 1.29 is 17.9 Å². The molecular weight excluding hydrogens is 378 g/mol. The van der Waals surface area contributed by atoms with Crippen molar-refractivity contribution in [2.24, 2.45) is 5.92 Å². The predicted octanol–water partition coefficient (Wildman–Crippen LogP) is 2.44. The smallest absolute Gasteiger partial charge is 0.255 e. The number of carbonyl (C=O) groups excluding carboxylic acids is 1. The highest BCUT2D eigenvalue weighted by Crippen LogP contribution is 2.27. The van der Waals surface area contributed by atoms with Gasteiger partial charge in [0.15, 0.2) is 0 Å². The van der Waals surface area contributed by atoms with Crippen LogP contribution < -0.4 is 10.1 Å². The number of nitrogens with one attached hydrogen (secondary N) is 1. The van der Waals surface area contributed by atoms with Crippen LogP contribution in [0.25, 0.3) is 0 Å². The Balaban J connectivity index is 1.82. The van der Waals surface area contributed by atoms with Crippen molar-refractivity contribution in [3.63, 3.8) is 0 Å². The van der Waals surface area contributed by atoms with Gasteiger partial charge in [-0.2, -0.15) is 4.31 Å². The summed E-state index contributed by atoms with van der Waals surface area (Å²) in [6.07, 6.45) is 4.98. The molecule has 0 saturated carbocycles. The van der Waals surface area contributed by atoms with Gasteiger partial charge in [-0.3, -0.25) is 9.78 Å². The van der Waals surface area contributed by atoms with Crippen LogP contribution in [0.2, 0.25) is 0 Å². The highest BCUT2D eigenvalue weighted by atomic mass is 32.2. The topological polar surface area (TPSA) is 88.6 Å². The summed E-state index contributed by atoms with van der Waals surface area (Å²) in [4.78, 5) is 16.7. The first kappa shape index (κ1) is 20.3. The second kappa shape index (κ2) is 8.70. The maximum Gasteiger partial charge on any atom is 0.255 e. The zero-order valence-corrected chi connectivity index (χ0v) is 16.9. The Kier molecular flexibility index (Phi) is 6.31. The lowest BCUT2D eigenvalue weighted by atomic mass is 10.0. The summed E-state index contributed by atoms with van der Waals surface area (Å²) in [6, 6.07) is 8.02. The molecule has 1 aliphatic rings. The molecule has 1 saturated heterocycles. The molecule has 1 aromatic heterocycles. The molecule has 7 nitrogen and oxygen atoms in total.